The predicted molar refractivity (Wildman–Crippen MR) is 116 cm³/mol. The summed E-state index contributed by atoms with van der Waals surface area (Å²) in [7, 11) is -1.16. The summed E-state index contributed by atoms with van der Waals surface area (Å²) in [5.74, 6) is -2.09. The second-order valence-electron chi connectivity index (χ2n) is 9.85. The minimum Gasteiger partial charge on any atom is -0.378 e. The van der Waals surface area contributed by atoms with Gasteiger partial charge in [-0.1, -0.05) is 30.3 Å². The van der Waals surface area contributed by atoms with E-state index in [-0.39, 0.29) is 31.0 Å². The summed E-state index contributed by atoms with van der Waals surface area (Å²) in [5, 5.41) is 0.822. The number of ether oxygens (including phenoxy) is 7. The van der Waals surface area contributed by atoms with Crippen LogP contribution in [0.4, 0.5) is 0 Å². The van der Waals surface area contributed by atoms with Crippen molar-refractivity contribution in [2.24, 2.45) is 0 Å². The van der Waals surface area contributed by atoms with Gasteiger partial charge in [0.25, 0.3) is 0 Å². The summed E-state index contributed by atoms with van der Waals surface area (Å²) in [5.41, 5.74) is 0. The molecule has 4 fully saturated rings. The molecule has 4 aliphatic heterocycles. The van der Waals surface area contributed by atoms with Gasteiger partial charge in [-0.2, -0.15) is 0 Å². The first kappa shape index (κ1) is 22.9. The third-order valence-corrected chi connectivity index (χ3v) is 10.1. The Balaban J connectivity index is 1.36. The van der Waals surface area contributed by atoms with Crippen molar-refractivity contribution in [3.8, 4) is 0 Å². The zero-order valence-electron chi connectivity index (χ0n) is 19.3. The summed E-state index contributed by atoms with van der Waals surface area (Å²) < 4.78 is 56.7. The molecule has 32 heavy (non-hydrogen) atoms. The Hall–Kier alpha value is -0.830. The van der Waals surface area contributed by atoms with Gasteiger partial charge in [0.05, 0.1) is 12.7 Å². The van der Waals surface area contributed by atoms with E-state index in [4.69, 9.17) is 33.2 Å². The van der Waals surface area contributed by atoms with Crippen molar-refractivity contribution in [2.75, 3.05) is 19.9 Å². The van der Waals surface area contributed by atoms with Crippen molar-refractivity contribution in [3.05, 3.63) is 30.3 Å². The second-order valence-corrected chi connectivity index (χ2v) is 12.9. The normalized spacial score (nSPS) is 44.3. The van der Waals surface area contributed by atoms with Crippen LogP contribution in [-0.4, -0.2) is 74.1 Å². The largest absolute Gasteiger partial charge is 0.378 e. The molecule has 1 aromatic rings. The summed E-state index contributed by atoms with van der Waals surface area (Å²) >= 11 is 0. The fourth-order valence-corrected chi connectivity index (χ4v) is 8.55. The number of hydrogen-bond donors (Lipinski definition) is 0. The summed E-state index contributed by atoms with van der Waals surface area (Å²) in [6.45, 7) is 7.65. The smallest absolute Gasteiger partial charge is 0.190 e. The van der Waals surface area contributed by atoms with Crippen LogP contribution < -0.4 is 5.30 Å². The molecule has 1 aromatic carbocycles. The van der Waals surface area contributed by atoms with E-state index >= 15 is 0 Å². The summed E-state index contributed by atoms with van der Waals surface area (Å²) in [4.78, 5) is 0. The molecule has 5 rings (SSSR count). The molecular formula is C23H33O8P. The molecule has 178 valence electrons. The average molecular weight is 468 g/mol. The summed E-state index contributed by atoms with van der Waals surface area (Å²) in [6.07, 6.45) is -1.16. The molecule has 0 radical (unpaired) electrons. The fourth-order valence-electron chi connectivity index (χ4n) is 5.30. The molecular weight excluding hydrogens is 435 g/mol. The van der Waals surface area contributed by atoms with Crippen LogP contribution in [0.25, 0.3) is 0 Å². The Morgan fingerprint density at radius 3 is 2.34 bits per heavy atom. The van der Waals surface area contributed by atoms with E-state index in [0.29, 0.717) is 12.6 Å². The van der Waals surface area contributed by atoms with E-state index < -0.39 is 37.0 Å². The quantitative estimate of drug-likeness (QED) is 0.611. The molecule has 1 unspecified atom stereocenters. The number of fused-ring (bicyclic) bond motifs is 3. The van der Waals surface area contributed by atoms with Crippen LogP contribution in [0.5, 0.6) is 0 Å². The Morgan fingerprint density at radius 2 is 1.62 bits per heavy atom. The van der Waals surface area contributed by atoms with E-state index in [1.807, 2.05) is 58.0 Å². The highest BCUT2D eigenvalue weighted by Gasteiger charge is 2.61. The molecule has 9 heteroatoms. The zero-order chi connectivity index (χ0) is 22.7. The van der Waals surface area contributed by atoms with Gasteiger partial charge in [-0.25, -0.2) is 0 Å². The molecule has 0 amide bonds. The first-order valence-electron chi connectivity index (χ1n) is 11.3. The Labute approximate surface area is 189 Å². The fraction of sp³-hybridized carbons (Fsp3) is 0.739. The molecule has 4 saturated heterocycles. The minimum absolute atomic E-state index is 0.189. The van der Waals surface area contributed by atoms with Crippen molar-refractivity contribution in [3.63, 3.8) is 0 Å². The van der Waals surface area contributed by atoms with Gasteiger partial charge in [0.1, 0.15) is 37.4 Å². The van der Waals surface area contributed by atoms with Crippen LogP contribution in [0.2, 0.25) is 0 Å². The number of rotatable bonds is 5. The van der Waals surface area contributed by atoms with Crippen molar-refractivity contribution < 1.29 is 37.7 Å². The standard InChI is InChI=1S/C23H33O8P/c1-22(2)28-17-16(27-20-19(18(17)29-22)30-23(3,4)31-20)13-26-21-15(25-5)11-12-32(21,24)14-9-7-6-8-10-14/h6-10,15-21H,11-13H2,1-5H3/t15-,16-,17+,18+,19-,20-,21-,32?/m0/s1. The Bertz CT molecular complexity index is 874. The van der Waals surface area contributed by atoms with E-state index in [1.165, 1.54) is 0 Å². The highest BCUT2D eigenvalue weighted by Crippen LogP contribution is 2.58. The zero-order valence-corrected chi connectivity index (χ0v) is 20.2. The SMILES string of the molecule is CO[C@H]1CCP(=O)(c2ccccc2)[C@@H]1OC[C@@H]1O[C@H]2OC(C)(C)O[C@H]2[C@@H]2OC(C)(C)O[C@@H]21. The molecule has 8 nitrogen and oxygen atoms in total. The van der Waals surface area contributed by atoms with E-state index in [2.05, 4.69) is 0 Å². The second kappa shape index (κ2) is 8.14. The number of hydrogen-bond acceptors (Lipinski definition) is 8. The highest BCUT2D eigenvalue weighted by atomic mass is 31.2. The molecule has 0 spiro atoms. The van der Waals surface area contributed by atoms with Gasteiger partial charge >= 0.3 is 0 Å². The van der Waals surface area contributed by atoms with Crippen LogP contribution in [0.3, 0.4) is 0 Å². The third kappa shape index (κ3) is 3.99. The lowest BCUT2D eigenvalue weighted by Gasteiger charge is -2.38. The maximum atomic E-state index is 14.0. The van der Waals surface area contributed by atoms with Crippen LogP contribution in [0, 0.1) is 0 Å². The van der Waals surface area contributed by atoms with Crippen LogP contribution in [0.15, 0.2) is 30.3 Å². The van der Waals surface area contributed by atoms with E-state index in [9.17, 15) is 4.57 Å². The molecule has 0 N–H and O–H groups in total. The van der Waals surface area contributed by atoms with Gasteiger partial charge in [-0.15, -0.1) is 0 Å². The predicted octanol–water partition coefficient (Wildman–Crippen LogP) is 2.83. The van der Waals surface area contributed by atoms with Crippen molar-refractivity contribution >= 4 is 12.4 Å². The first-order chi connectivity index (χ1) is 15.1. The van der Waals surface area contributed by atoms with Crippen molar-refractivity contribution in [1.82, 2.24) is 0 Å². The van der Waals surface area contributed by atoms with Crippen LogP contribution in [0.1, 0.15) is 34.1 Å². The van der Waals surface area contributed by atoms with Gasteiger partial charge < -0.3 is 37.7 Å². The lowest BCUT2D eigenvalue weighted by atomic mass is 9.99. The number of methoxy groups -OCH3 is 1. The third-order valence-electron chi connectivity index (χ3n) is 6.65. The van der Waals surface area contributed by atoms with E-state index in [0.717, 1.165) is 5.30 Å². The Kier molecular flexibility index (Phi) is 5.83. The maximum absolute atomic E-state index is 14.0. The molecule has 0 bridgehead atoms. The molecule has 8 atom stereocenters. The van der Waals surface area contributed by atoms with Crippen molar-refractivity contribution in [1.29, 1.82) is 0 Å². The van der Waals surface area contributed by atoms with Gasteiger partial charge in [-0.3, -0.25) is 0 Å². The molecule has 4 aliphatic rings. The topological polar surface area (TPSA) is 81.7 Å². The highest BCUT2D eigenvalue weighted by molar-refractivity contribution is 7.72. The maximum Gasteiger partial charge on any atom is 0.190 e. The van der Waals surface area contributed by atoms with Crippen LogP contribution >= 0.6 is 7.14 Å². The Morgan fingerprint density at radius 1 is 0.969 bits per heavy atom. The van der Waals surface area contributed by atoms with Gasteiger partial charge in [0.15, 0.2) is 17.9 Å². The molecule has 0 aromatic heterocycles. The first-order valence-corrected chi connectivity index (χ1v) is 13.2. The average Bonchev–Trinajstić information content (AvgIpc) is 3.36. The molecule has 0 aliphatic carbocycles. The van der Waals surface area contributed by atoms with Gasteiger partial charge in [0, 0.05) is 18.6 Å². The summed E-state index contributed by atoms with van der Waals surface area (Å²) in [6, 6.07) is 9.56. The van der Waals surface area contributed by atoms with Gasteiger partial charge in [-0.05, 0) is 34.1 Å². The van der Waals surface area contributed by atoms with Crippen LogP contribution in [-0.2, 0) is 37.7 Å². The lowest BCUT2D eigenvalue weighted by molar-refractivity contribution is -0.245. The monoisotopic (exact) mass is 468 g/mol. The lowest BCUT2D eigenvalue weighted by Crippen LogP contribution is -2.56. The molecule has 4 heterocycles. The van der Waals surface area contributed by atoms with E-state index in [1.54, 1.807) is 7.11 Å². The van der Waals surface area contributed by atoms with Gasteiger partial charge in [0.2, 0.25) is 0 Å². The minimum atomic E-state index is -2.80. The molecule has 0 saturated carbocycles. The van der Waals surface area contributed by atoms with Crippen molar-refractivity contribution in [2.45, 2.75) is 88.3 Å². The number of benzene rings is 1.